The molecular formula is C10H19N5O3. The van der Waals surface area contributed by atoms with Crippen LogP contribution < -0.4 is 15.8 Å². The minimum atomic E-state index is 0.00765. The third kappa shape index (κ3) is 5.60. The van der Waals surface area contributed by atoms with E-state index in [1.54, 1.807) is 0 Å². The third-order valence-corrected chi connectivity index (χ3v) is 1.83. The maximum Gasteiger partial charge on any atom is 0.323 e. The molecule has 0 saturated carbocycles. The quantitative estimate of drug-likeness (QED) is 0.515. The lowest BCUT2D eigenvalue weighted by Crippen LogP contribution is -2.14. The Kier molecular flexibility index (Phi) is 6.74. The number of ether oxygens (including phenoxy) is 2. The van der Waals surface area contributed by atoms with Gasteiger partial charge in [0.15, 0.2) is 0 Å². The normalized spacial score (nSPS) is 10.3. The van der Waals surface area contributed by atoms with Gasteiger partial charge in [-0.2, -0.15) is 15.0 Å². The van der Waals surface area contributed by atoms with Crippen LogP contribution in [-0.4, -0.2) is 53.0 Å². The van der Waals surface area contributed by atoms with Crippen molar-refractivity contribution in [3.05, 3.63) is 0 Å². The minimum Gasteiger partial charge on any atom is -0.463 e. The van der Waals surface area contributed by atoms with Crippen LogP contribution in [0.15, 0.2) is 0 Å². The Hall–Kier alpha value is -1.67. The summed E-state index contributed by atoms with van der Waals surface area (Å²) in [5.74, 6) is 0.455. The maximum atomic E-state index is 8.53. The van der Waals surface area contributed by atoms with E-state index in [0.717, 1.165) is 6.42 Å². The van der Waals surface area contributed by atoms with E-state index in [1.807, 2.05) is 6.92 Å². The Labute approximate surface area is 106 Å². The van der Waals surface area contributed by atoms with Gasteiger partial charge < -0.3 is 25.6 Å². The number of hydrogen-bond donors (Lipinski definition) is 3. The number of nitrogen functional groups attached to an aromatic ring is 1. The molecule has 4 N–H and O–H groups in total. The van der Waals surface area contributed by atoms with Gasteiger partial charge in [-0.15, -0.1) is 0 Å². The van der Waals surface area contributed by atoms with E-state index in [1.165, 1.54) is 0 Å². The largest absolute Gasteiger partial charge is 0.463 e. The monoisotopic (exact) mass is 257 g/mol. The first kappa shape index (κ1) is 14.4. The average molecular weight is 257 g/mol. The number of nitrogens with zero attached hydrogens (tertiary/aromatic N) is 3. The van der Waals surface area contributed by atoms with Crippen LogP contribution in [0.5, 0.6) is 6.01 Å². The molecule has 0 atom stereocenters. The molecule has 1 rings (SSSR count). The van der Waals surface area contributed by atoms with Crippen LogP contribution in [-0.2, 0) is 4.74 Å². The van der Waals surface area contributed by atoms with Gasteiger partial charge >= 0.3 is 6.01 Å². The molecule has 1 heterocycles. The number of aliphatic hydroxyl groups is 1. The SMILES string of the molecule is CCCOc1nc(N)nc(NCCOCCO)n1. The second kappa shape index (κ2) is 8.43. The highest BCUT2D eigenvalue weighted by molar-refractivity contribution is 5.32. The molecule has 0 spiro atoms. The number of rotatable bonds is 9. The van der Waals surface area contributed by atoms with Crippen LogP contribution in [0.25, 0.3) is 0 Å². The summed E-state index contributed by atoms with van der Waals surface area (Å²) >= 11 is 0. The molecule has 18 heavy (non-hydrogen) atoms. The first-order chi connectivity index (χ1) is 8.76. The first-order valence-corrected chi connectivity index (χ1v) is 5.83. The fourth-order valence-corrected chi connectivity index (χ4v) is 1.11. The van der Waals surface area contributed by atoms with Gasteiger partial charge in [0.05, 0.1) is 26.4 Å². The van der Waals surface area contributed by atoms with E-state index in [9.17, 15) is 0 Å². The van der Waals surface area contributed by atoms with Gasteiger partial charge in [-0.3, -0.25) is 0 Å². The summed E-state index contributed by atoms with van der Waals surface area (Å²) in [5.41, 5.74) is 5.54. The highest BCUT2D eigenvalue weighted by Crippen LogP contribution is 2.08. The van der Waals surface area contributed by atoms with E-state index < -0.39 is 0 Å². The van der Waals surface area contributed by atoms with E-state index in [4.69, 9.17) is 20.3 Å². The Morgan fingerprint density at radius 3 is 2.78 bits per heavy atom. The van der Waals surface area contributed by atoms with Crippen molar-refractivity contribution >= 4 is 11.9 Å². The van der Waals surface area contributed by atoms with Gasteiger partial charge in [0, 0.05) is 6.54 Å². The van der Waals surface area contributed by atoms with Gasteiger partial charge in [0.2, 0.25) is 11.9 Å². The van der Waals surface area contributed by atoms with Crippen molar-refractivity contribution < 1.29 is 14.6 Å². The van der Waals surface area contributed by atoms with E-state index >= 15 is 0 Å². The van der Waals surface area contributed by atoms with E-state index in [2.05, 4.69) is 20.3 Å². The highest BCUT2D eigenvalue weighted by Gasteiger charge is 2.04. The van der Waals surface area contributed by atoms with Gasteiger partial charge in [-0.05, 0) is 6.42 Å². The zero-order chi connectivity index (χ0) is 13.2. The van der Waals surface area contributed by atoms with Crippen LogP contribution in [0.4, 0.5) is 11.9 Å². The summed E-state index contributed by atoms with van der Waals surface area (Å²) in [4.78, 5) is 11.8. The summed E-state index contributed by atoms with van der Waals surface area (Å²) in [6, 6.07) is 0.211. The summed E-state index contributed by atoms with van der Waals surface area (Å²) in [6.07, 6.45) is 0.864. The molecule has 0 radical (unpaired) electrons. The molecule has 102 valence electrons. The summed E-state index contributed by atoms with van der Waals surface area (Å²) < 4.78 is 10.4. The van der Waals surface area contributed by atoms with Crippen LogP contribution in [0, 0.1) is 0 Å². The Bertz CT molecular complexity index is 350. The smallest absolute Gasteiger partial charge is 0.323 e. The van der Waals surface area contributed by atoms with E-state index in [-0.39, 0.29) is 18.6 Å². The molecule has 1 aromatic heterocycles. The van der Waals surface area contributed by atoms with E-state index in [0.29, 0.717) is 32.3 Å². The molecule has 1 aromatic rings. The van der Waals surface area contributed by atoms with Gasteiger partial charge in [0.25, 0.3) is 0 Å². The fourth-order valence-electron chi connectivity index (χ4n) is 1.11. The van der Waals surface area contributed by atoms with Crippen molar-refractivity contribution in [2.24, 2.45) is 0 Å². The predicted molar refractivity (Wildman–Crippen MR) is 66.4 cm³/mol. The third-order valence-electron chi connectivity index (χ3n) is 1.83. The molecule has 0 fully saturated rings. The van der Waals surface area contributed by atoms with Crippen molar-refractivity contribution in [3.63, 3.8) is 0 Å². The second-order valence-corrected chi connectivity index (χ2v) is 3.41. The summed E-state index contributed by atoms with van der Waals surface area (Å²) in [5, 5.41) is 11.5. The Morgan fingerprint density at radius 1 is 1.22 bits per heavy atom. The van der Waals surface area contributed by atoms with Crippen molar-refractivity contribution in [3.8, 4) is 6.01 Å². The molecule has 0 amide bonds. The van der Waals surface area contributed by atoms with Crippen molar-refractivity contribution in [1.29, 1.82) is 0 Å². The topological polar surface area (TPSA) is 115 Å². The molecule has 0 saturated heterocycles. The predicted octanol–water partition coefficient (Wildman–Crippen LogP) is -0.337. The zero-order valence-corrected chi connectivity index (χ0v) is 10.4. The Balaban J connectivity index is 2.41. The zero-order valence-electron chi connectivity index (χ0n) is 10.4. The number of hydrogen-bond acceptors (Lipinski definition) is 8. The van der Waals surface area contributed by atoms with Crippen LogP contribution in [0.3, 0.4) is 0 Å². The van der Waals surface area contributed by atoms with Crippen LogP contribution in [0.1, 0.15) is 13.3 Å². The number of anilines is 2. The van der Waals surface area contributed by atoms with Crippen molar-refractivity contribution in [2.45, 2.75) is 13.3 Å². The second-order valence-electron chi connectivity index (χ2n) is 3.41. The lowest BCUT2D eigenvalue weighted by molar-refractivity contribution is 0.0991. The molecular weight excluding hydrogens is 238 g/mol. The molecule has 0 aliphatic rings. The first-order valence-electron chi connectivity index (χ1n) is 5.83. The molecule has 0 bridgehead atoms. The lowest BCUT2D eigenvalue weighted by atomic mass is 10.5. The number of nitrogens with one attached hydrogen (secondary N) is 1. The van der Waals surface area contributed by atoms with Gasteiger partial charge in [-0.25, -0.2) is 0 Å². The number of aliphatic hydroxyl groups excluding tert-OH is 1. The van der Waals surface area contributed by atoms with Gasteiger partial charge in [0.1, 0.15) is 0 Å². The van der Waals surface area contributed by atoms with Crippen molar-refractivity contribution in [1.82, 2.24) is 15.0 Å². The summed E-state index contributed by atoms with van der Waals surface area (Å²) in [7, 11) is 0. The van der Waals surface area contributed by atoms with Crippen molar-refractivity contribution in [2.75, 3.05) is 44.0 Å². The highest BCUT2D eigenvalue weighted by atomic mass is 16.5. The molecule has 8 nitrogen and oxygen atoms in total. The average Bonchev–Trinajstić information content (AvgIpc) is 2.35. The number of aromatic nitrogens is 3. The molecule has 0 unspecified atom stereocenters. The lowest BCUT2D eigenvalue weighted by Gasteiger charge is -2.07. The molecule has 0 aliphatic carbocycles. The maximum absolute atomic E-state index is 8.53. The Morgan fingerprint density at radius 2 is 2.06 bits per heavy atom. The standard InChI is InChI=1S/C10H19N5O3/c1-2-5-18-10-14-8(11)13-9(15-10)12-3-6-17-7-4-16/h16H,2-7H2,1H3,(H3,11,12,13,14,15). The molecule has 0 aromatic carbocycles. The van der Waals surface area contributed by atoms with Crippen LogP contribution in [0.2, 0.25) is 0 Å². The fraction of sp³-hybridized carbons (Fsp3) is 0.700. The molecule has 0 aliphatic heterocycles. The minimum absolute atomic E-state index is 0.00765. The number of nitrogens with two attached hydrogens (primary N) is 1. The summed E-state index contributed by atoms with van der Waals surface area (Å²) in [6.45, 7) is 3.79. The van der Waals surface area contributed by atoms with Gasteiger partial charge in [-0.1, -0.05) is 6.92 Å². The van der Waals surface area contributed by atoms with Crippen LogP contribution >= 0.6 is 0 Å². The molecule has 8 heteroatoms.